The largest absolute Gasteiger partial charge is 0.454 e. The van der Waals surface area contributed by atoms with Crippen LogP contribution in [0.2, 0.25) is 0 Å². The lowest BCUT2D eigenvalue weighted by molar-refractivity contribution is 0.174. The van der Waals surface area contributed by atoms with Crippen molar-refractivity contribution in [1.82, 2.24) is 10.2 Å². The molecule has 4 rings (SSSR count). The van der Waals surface area contributed by atoms with Gasteiger partial charge in [0, 0.05) is 32.7 Å². The molecule has 7 heteroatoms. The van der Waals surface area contributed by atoms with Crippen LogP contribution in [0, 0.1) is 11.3 Å². The van der Waals surface area contributed by atoms with Gasteiger partial charge in [0.1, 0.15) is 6.07 Å². The Labute approximate surface area is 163 Å². The zero-order valence-electron chi connectivity index (χ0n) is 14.9. The number of nitriles is 1. The van der Waals surface area contributed by atoms with Crippen LogP contribution in [0.25, 0.3) is 0 Å². The van der Waals surface area contributed by atoms with Gasteiger partial charge in [-0.3, -0.25) is 0 Å². The van der Waals surface area contributed by atoms with Gasteiger partial charge in [-0.15, -0.1) is 0 Å². The van der Waals surface area contributed by atoms with E-state index in [9.17, 15) is 5.26 Å². The first-order valence-electron chi connectivity index (χ1n) is 8.90. The number of rotatable bonds is 3. The second-order valence-electron chi connectivity index (χ2n) is 6.45. The number of fused-ring (bicyclic) bond motifs is 1. The molecule has 1 fully saturated rings. The van der Waals surface area contributed by atoms with E-state index < -0.39 is 0 Å². The fourth-order valence-electron chi connectivity index (χ4n) is 3.33. The summed E-state index contributed by atoms with van der Waals surface area (Å²) in [6.07, 6.45) is 0. The van der Waals surface area contributed by atoms with Crippen molar-refractivity contribution in [3.63, 3.8) is 0 Å². The zero-order valence-corrected chi connectivity index (χ0v) is 15.7. The van der Waals surface area contributed by atoms with Crippen molar-refractivity contribution in [3.05, 3.63) is 53.6 Å². The lowest BCUT2D eigenvalue weighted by Crippen LogP contribution is -2.51. The number of thiocarbonyl (C=S) groups is 1. The van der Waals surface area contributed by atoms with Crippen molar-refractivity contribution in [2.75, 3.05) is 37.9 Å². The minimum absolute atomic E-state index is 0.282. The standard InChI is InChI=1S/C20H20N4O2S/c21-12-16-3-1-2-4-17(16)23-7-9-24(10-8-23)20(27)22-13-15-5-6-18-19(11-15)26-14-25-18/h1-6,11H,7-10,13-14H2,(H,22,27). The first kappa shape index (κ1) is 17.4. The van der Waals surface area contributed by atoms with Crippen molar-refractivity contribution >= 4 is 23.0 Å². The maximum Gasteiger partial charge on any atom is 0.231 e. The highest BCUT2D eigenvalue weighted by molar-refractivity contribution is 7.80. The maximum atomic E-state index is 9.29. The highest BCUT2D eigenvalue weighted by Crippen LogP contribution is 2.32. The summed E-state index contributed by atoms with van der Waals surface area (Å²) in [7, 11) is 0. The summed E-state index contributed by atoms with van der Waals surface area (Å²) in [5.41, 5.74) is 2.82. The molecule has 138 valence electrons. The van der Waals surface area contributed by atoms with E-state index in [4.69, 9.17) is 21.7 Å². The van der Waals surface area contributed by atoms with Crippen molar-refractivity contribution < 1.29 is 9.47 Å². The Hall–Kier alpha value is -2.98. The van der Waals surface area contributed by atoms with Gasteiger partial charge in [-0.25, -0.2) is 0 Å². The van der Waals surface area contributed by atoms with E-state index in [0.717, 1.165) is 59.6 Å². The monoisotopic (exact) mass is 380 g/mol. The topological polar surface area (TPSA) is 60.8 Å². The number of piperazine rings is 1. The molecule has 0 atom stereocenters. The molecule has 1 N–H and O–H groups in total. The smallest absolute Gasteiger partial charge is 0.231 e. The molecular formula is C20H20N4O2S. The lowest BCUT2D eigenvalue weighted by atomic mass is 10.1. The SMILES string of the molecule is N#Cc1ccccc1N1CCN(C(=S)NCc2ccc3c(c2)OCO3)CC1. The zero-order chi connectivity index (χ0) is 18.6. The molecule has 0 saturated carbocycles. The maximum absolute atomic E-state index is 9.29. The first-order chi connectivity index (χ1) is 13.2. The number of nitrogens with one attached hydrogen (secondary N) is 1. The molecule has 2 aliphatic heterocycles. The number of hydrogen-bond donors (Lipinski definition) is 1. The molecule has 2 aromatic rings. The Morgan fingerprint density at radius 1 is 1.07 bits per heavy atom. The van der Waals surface area contributed by atoms with Crippen molar-refractivity contribution in [2.45, 2.75) is 6.54 Å². The summed E-state index contributed by atoms with van der Waals surface area (Å²) in [4.78, 5) is 4.42. The van der Waals surface area contributed by atoms with Crippen molar-refractivity contribution in [3.8, 4) is 17.6 Å². The van der Waals surface area contributed by atoms with E-state index in [0.29, 0.717) is 6.54 Å². The average Bonchev–Trinajstić information content (AvgIpc) is 3.20. The molecule has 0 aromatic heterocycles. The quantitative estimate of drug-likeness (QED) is 0.821. The van der Waals surface area contributed by atoms with Crippen molar-refractivity contribution in [2.24, 2.45) is 0 Å². The highest BCUT2D eigenvalue weighted by atomic mass is 32.1. The number of benzene rings is 2. The van der Waals surface area contributed by atoms with E-state index >= 15 is 0 Å². The molecule has 27 heavy (non-hydrogen) atoms. The molecule has 0 radical (unpaired) electrons. The summed E-state index contributed by atoms with van der Waals surface area (Å²) in [5, 5.41) is 13.4. The third-order valence-corrected chi connectivity index (χ3v) is 5.22. The van der Waals surface area contributed by atoms with Gasteiger partial charge in [0.2, 0.25) is 6.79 Å². The molecule has 0 amide bonds. The second-order valence-corrected chi connectivity index (χ2v) is 6.84. The van der Waals surface area contributed by atoms with Gasteiger partial charge in [-0.05, 0) is 42.0 Å². The number of hydrogen-bond acceptors (Lipinski definition) is 5. The summed E-state index contributed by atoms with van der Waals surface area (Å²) in [5.74, 6) is 1.57. The minimum atomic E-state index is 0.282. The normalized spacial score (nSPS) is 15.4. The molecule has 6 nitrogen and oxygen atoms in total. The van der Waals surface area contributed by atoms with Gasteiger partial charge in [0.05, 0.1) is 11.3 Å². The molecule has 0 bridgehead atoms. The predicted octanol–water partition coefficient (Wildman–Crippen LogP) is 2.48. The number of ether oxygens (including phenoxy) is 2. The van der Waals surface area contributed by atoms with Crippen LogP contribution in [-0.2, 0) is 6.54 Å². The molecule has 2 aromatic carbocycles. The Morgan fingerprint density at radius 2 is 1.85 bits per heavy atom. The molecule has 0 unspecified atom stereocenters. The van der Waals surface area contributed by atoms with Gasteiger partial charge in [0.25, 0.3) is 0 Å². The van der Waals surface area contributed by atoms with E-state index in [2.05, 4.69) is 21.2 Å². The van der Waals surface area contributed by atoms with Crippen LogP contribution in [0.3, 0.4) is 0 Å². The van der Waals surface area contributed by atoms with Crippen LogP contribution >= 0.6 is 12.2 Å². The van der Waals surface area contributed by atoms with Gasteiger partial charge in [-0.1, -0.05) is 18.2 Å². The summed E-state index contributed by atoms with van der Waals surface area (Å²) in [6.45, 7) is 4.26. The van der Waals surface area contributed by atoms with Gasteiger partial charge >= 0.3 is 0 Å². The molecule has 0 spiro atoms. The Morgan fingerprint density at radius 3 is 2.67 bits per heavy atom. The fraction of sp³-hybridized carbons (Fsp3) is 0.300. The van der Waals surface area contributed by atoms with E-state index in [-0.39, 0.29) is 6.79 Å². The fourth-order valence-corrected chi connectivity index (χ4v) is 3.59. The third-order valence-electron chi connectivity index (χ3n) is 4.81. The summed E-state index contributed by atoms with van der Waals surface area (Å²) >= 11 is 5.56. The Balaban J connectivity index is 1.30. The number of nitrogens with zero attached hydrogens (tertiary/aromatic N) is 3. The van der Waals surface area contributed by atoms with Gasteiger partial charge in [-0.2, -0.15) is 5.26 Å². The van der Waals surface area contributed by atoms with Crippen LogP contribution in [0.15, 0.2) is 42.5 Å². The summed E-state index contributed by atoms with van der Waals surface area (Å²) in [6, 6.07) is 15.9. The number of anilines is 1. The van der Waals surface area contributed by atoms with E-state index in [1.165, 1.54) is 0 Å². The van der Waals surface area contributed by atoms with Crippen LogP contribution in [-0.4, -0.2) is 43.0 Å². The van der Waals surface area contributed by atoms with E-state index in [1.54, 1.807) is 0 Å². The van der Waals surface area contributed by atoms with Crippen LogP contribution in [0.5, 0.6) is 11.5 Å². The van der Waals surface area contributed by atoms with Crippen molar-refractivity contribution in [1.29, 1.82) is 5.26 Å². The first-order valence-corrected chi connectivity index (χ1v) is 9.31. The average molecular weight is 380 g/mol. The Kier molecular flexibility index (Phi) is 4.99. The Bertz CT molecular complexity index is 888. The molecule has 2 heterocycles. The highest BCUT2D eigenvalue weighted by Gasteiger charge is 2.21. The van der Waals surface area contributed by atoms with Crippen LogP contribution < -0.4 is 19.7 Å². The second kappa shape index (κ2) is 7.72. The molecule has 2 aliphatic rings. The lowest BCUT2D eigenvalue weighted by Gasteiger charge is -2.37. The molecular weight excluding hydrogens is 360 g/mol. The van der Waals surface area contributed by atoms with Crippen LogP contribution in [0.1, 0.15) is 11.1 Å². The summed E-state index contributed by atoms with van der Waals surface area (Å²) < 4.78 is 10.7. The number of para-hydroxylation sites is 1. The third kappa shape index (κ3) is 3.76. The van der Waals surface area contributed by atoms with Gasteiger partial charge in [0.15, 0.2) is 16.6 Å². The van der Waals surface area contributed by atoms with E-state index in [1.807, 2.05) is 42.5 Å². The molecule has 0 aliphatic carbocycles. The predicted molar refractivity (Wildman–Crippen MR) is 107 cm³/mol. The minimum Gasteiger partial charge on any atom is -0.454 e. The van der Waals surface area contributed by atoms with Gasteiger partial charge < -0.3 is 24.6 Å². The molecule has 1 saturated heterocycles. The van der Waals surface area contributed by atoms with Crippen LogP contribution in [0.4, 0.5) is 5.69 Å².